The van der Waals surface area contributed by atoms with E-state index in [4.69, 9.17) is 16.3 Å². The molecular formula is C11H10ClN3O. The second-order valence-corrected chi connectivity index (χ2v) is 4.04. The fourth-order valence-electron chi connectivity index (χ4n) is 2.05. The average Bonchev–Trinajstić information content (AvgIpc) is 2.75. The smallest absolute Gasteiger partial charge is 0.225 e. The van der Waals surface area contributed by atoms with Crippen molar-refractivity contribution in [2.75, 3.05) is 6.61 Å². The Balaban J connectivity index is 2.08. The van der Waals surface area contributed by atoms with Gasteiger partial charge in [0, 0.05) is 12.0 Å². The van der Waals surface area contributed by atoms with Gasteiger partial charge < -0.3 is 4.74 Å². The predicted octanol–water partition coefficient (Wildman–Crippen LogP) is 2.30. The Morgan fingerprint density at radius 1 is 1.38 bits per heavy atom. The molecule has 82 valence electrons. The molecule has 0 spiro atoms. The molecule has 0 bridgehead atoms. The lowest BCUT2D eigenvalue weighted by atomic mass is 10.0. The Hall–Kier alpha value is -1.55. The summed E-state index contributed by atoms with van der Waals surface area (Å²) in [5, 5.41) is 8.03. The van der Waals surface area contributed by atoms with Gasteiger partial charge in [-0.1, -0.05) is 18.2 Å². The molecule has 0 N–H and O–H groups in total. The molecule has 0 saturated carbocycles. The van der Waals surface area contributed by atoms with Gasteiger partial charge in [0.1, 0.15) is 12.1 Å². The summed E-state index contributed by atoms with van der Waals surface area (Å²) in [5.41, 5.74) is 1.13. The van der Waals surface area contributed by atoms with Crippen LogP contribution in [0.25, 0.3) is 0 Å². The Kier molecular flexibility index (Phi) is 2.29. The number of aromatic nitrogens is 3. The summed E-state index contributed by atoms with van der Waals surface area (Å²) in [4.78, 5) is 0. The Labute approximate surface area is 97.8 Å². The number of benzene rings is 1. The summed E-state index contributed by atoms with van der Waals surface area (Å²) in [6.07, 6.45) is 2.55. The molecule has 2 aromatic rings. The zero-order chi connectivity index (χ0) is 11.0. The van der Waals surface area contributed by atoms with E-state index in [0.717, 1.165) is 17.7 Å². The molecule has 3 rings (SSSR count). The van der Waals surface area contributed by atoms with Crippen LogP contribution in [-0.2, 0) is 0 Å². The van der Waals surface area contributed by atoms with Gasteiger partial charge in [-0.2, -0.15) is 0 Å². The Morgan fingerprint density at radius 3 is 3.06 bits per heavy atom. The molecule has 0 fully saturated rings. The van der Waals surface area contributed by atoms with E-state index in [2.05, 4.69) is 16.3 Å². The highest BCUT2D eigenvalue weighted by molar-refractivity contribution is 6.28. The maximum atomic E-state index is 5.99. The zero-order valence-electron chi connectivity index (χ0n) is 8.51. The molecule has 1 aliphatic heterocycles. The van der Waals surface area contributed by atoms with Gasteiger partial charge in [0.25, 0.3) is 0 Å². The normalized spacial score (nSPS) is 18.9. The largest absolute Gasteiger partial charge is 0.493 e. The van der Waals surface area contributed by atoms with Crippen molar-refractivity contribution in [1.82, 2.24) is 14.8 Å². The van der Waals surface area contributed by atoms with Crippen molar-refractivity contribution < 1.29 is 4.74 Å². The lowest BCUT2D eigenvalue weighted by Crippen LogP contribution is -2.19. The molecule has 1 unspecified atom stereocenters. The number of para-hydroxylation sites is 1. The summed E-state index contributed by atoms with van der Waals surface area (Å²) in [5.74, 6) is 0.920. The van der Waals surface area contributed by atoms with Gasteiger partial charge in [-0.25, -0.2) is 0 Å². The van der Waals surface area contributed by atoms with Crippen molar-refractivity contribution in [2.45, 2.75) is 12.5 Å². The van der Waals surface area contributed by atoms with Crippen molar-refractivity contribution in [2.24, 2.45) is 0 Å². The number of hydrogen-bond donors (Lipinski definition) is 0. The van der Waals surface area contributed by atoms with E-state index in [1.807, 2.05) is 22.8 Å². The summed E-state index contributed by atoms with van der Waals surface area (Å²) in [6, 6.07) is 8.16. The van der Waals surface area contributed by atoms with E-state index in [9.17, 15) is 0 Å². The molecule has 0 radical (unpaired) electrons. The molecule has 2 heterocycles. The van der Waals surface area contributed by atoms with Crippen LogP contribution in [0, 0.1) is 0 Å². The lowest BCUT2D eigenvalue weighted by molar-refractivity contribution is 0.256. The third kappa shape index (κ3) is 1.46. The quantitative estimate of drug-likeness (QED) is 0.762. The van der Waals surface area contributed by atoms with Gasteiger partial charge in [0.15, 0.2) is 0 Å². The number of nitrogens with zero attached hydrogens (tertiary/aromatic N) is 3. The molecule has 1 aliphatic rings. The third-order valence-corrected chi connectivity index (χ3v) is 3.06. The highest BCUT2D eigenvalue weighted by Gasteiger charge is 2.24. The van der Waals surface area contributed by atoms with Crippen LogP contribution in [0.4, 0.5) is 0 Å². The van der Waals surface area contributed by atoms with Gasteiger partial charge in [0.05, 0.1) is 12.6 Å². The zero-order valence-corrected chi connectivity index (χ0v) is 9.26. The van der Waals surface area contributed by atoms with Crippen LogP contribution in [-0.4, -0.2) is 21.4 Å². The van der Waals surface area contributed by atoms with Crippen molar-refractivity contribution in [3.05, 3.63) is 41.4 Å². The topological polar surface area (TPSA) is 39.9 Å². The van der Waals surface area contributed by atoms with Gasteiger partial charge in [-0.15, -0.1) is 10.2 Å². The van der Waals surface area contributed by atoms with Crippen LogP contribution in [0.15, 0.2) is 30.6 Å². The SMILES string of the molecule is Clc1nncn1C1CCOc2ccccc21. The summed E-state index contributed by atoms with van der Waals surface area (Å²) < 4.78 is 7.47. The number of halogens is 1. The van der Waals surface area contributed by atoms with E-state index in [0.29, 0.717) is 11.9 Å². The van der Waals surface area contributed by atoms with Crippen LogP contribution < -0.4 is 4.74 Å². The minimum Gasteiger partial charge on any atom is -0.493 e. The predicted molar refractivity (Wildman–Crippen MR) is 59.7 cm³/mol. The molecular weight excluding hydrogens is 226 g/mol. The van der Waals surface area contributed by atoms with Crippen molar-refractivity contribution in [1.29, 1.82) is 0 Å². The average molecular weight is 236 g/mol. The van der Waals surface area contributed by atoms with Crippen LogP contribution >= 0.6 is 11.6 Å². The first-order chi connectivity index (χ1) is 7.86. The second kappa shape index (κ2) is 3.79. The lowest BCUT2D eigenvalue weighted by Gasteiger charge is -2.26. The molecule has 0 saturated heterocycles. The van der Waals surface area contributed by atoms with E-state index >= 15 is 0 Å². The standard InChI is InChI=1S/C11H10ClN3O/c12-11-14-13-7-15(11)9-5-6-16-10-4-2-1-3-8(9)10/h1-4,7,9H,5-6H2. The van der Waals surface area contributed by atoms with Gasteiger partial charge in [-0.05, 0) is 17.7 Å². The molecule has 5 heteroatoms. The molecule has 1 aromatic heterocycles. The van der Waals surface area contributed by atoms with Crippen molar-refractivity contribution in [3.8, 4) is 5.75 Å². The number of hydrogen-bond acceptors (Lipinski definition) is 3. The Morgan fingerprint density at radius 2 is 2.25 bits per heavy atom. The van der Waals surface area contributed by atoms with E-state index < -0.39 is 0 Å². The first-order valence-corrected chi connectivity index (χ1v) is 5.51. The third-order valence-electron chi connectivity index (χ3n) is 2.79. The van der Waals surface area contributed by atoms with Crippen LogP contribution in [0.1, 0.15) is 18.0 Å². The van der Waals surface area contributed by atoms with E-state index in [1.54, 1.807) is 6.33 Å². The maximum absolute atomic E-state index is 5.99. The highest BCUT2D eigenvalue weighted by atomic mass is 35.5. The van der Waals surface area contributed by atoms with Gasteiger partial charge >= 0.3 is 0 Å². The summed E-state index contributed by atoms with van der Waals surface area (Å²) in [6.45, 7) is 0.691. The first kappa shape index (κ1) is 9.66. The monoisotopic (exact) mass is 235 g/mol. The molecule has 0 amide bonds. The van der Waals surface area contributed by atoms with Gasteiger partial charge in [-0.3, -0.25) is 4.57 Å². The van der Waals surface area contributed by atoms with Crippen molar-refractivity contribution in [3.63, 3.8) is 0 Å². The molecule has 0 aliphatic carbocycles. The molecule has 16 heavy (non-hydrogen) atoms. The number of ether oxygens (including phenoxy) is 1. The van der Waals surface area contributed by atoms with E-state index in [-0.39, 0.29) is 6.04 Å². The van der Waals surface area contributed by atoms with Crippen LogP contribution in [0.2, 0.25) is 5.28 Å². The number of fused-ring (bicyclic) bond motifs is 1. The summed E-state index contributed by atoms with van der Waals surface area (Å²) >= 11 is 5.99. The minimum atomic E-state index is 0.174. The molecule has 4 nitrogen and oxygen atoms in total. The first-order valence-electron chi connectivity index (χ1n) is 5.13. The summed E-state index contributed by atoms with van der Waals surface area (Å²) in [7, 11) is 0. The fourth-order valence-corrected chi connectivity index (χ4v) is 2.25. The second-order valence-electron chi connectivity index (χ2n) is 3.70. The van der Waals surface area contributed by atoms with Crippen molar-refractivity contribution >= 4 is 11.6 Å². The molecule has 1 atom stereocenters. The fraction of sp³-hybridized carbons (Fsp3) is 0.273. The number of rotatable bonds is 1. The maximum Gasteiger partial charge on any atom is 0.225 e. The Bertz CT molecular complexity index is 511. The minimum absolute atomic E-state index is 0.174. The molecule has 1 aromatic carbocycles. The highest BCUT2D eigenvalue weighted by Crippen LogP contribution is 2.35. The van der Waals surface area contributed by atoms with Crippen LogP contribution in [0.5, 0.6) is 5.75 Å². The van der Waals surface area contributed by atoms with Gasteiger partial charge in [0.2, 0.25) is 5.28 Å². The van der Waals surface area contributed by atoms with Crippen LogP contribution in [0.3, 0.4) is 0 Å². The van der Waals surface area contributed by atoms with E-state index in [1.165, 1.54) is 0 Å².